The van der Waals surface area contributed by atoms with E-state index in [1.807, 2.05) is 0 Å². The number of hydrogen-bond acceptors (Lipinski definition) is 1. The van der Waals surface area contributed by atoms with E-state index in [-0.39, 0.29) is 5.04 Å². The first-order valence-electron chi connectivity index (χ1n) is 9.46. The van der Waals surface area contributed by atoms with Gasteiger partial charge in [-0.3, -0.25) is 0 Å². The van der Waals surface area contributed by atoms with Gasteiger partial charge in [0.2, 0.25) is 0 Å². The van der Waals surface area contributed by atoms with Crippen LogP contribution in [0.1, 0.15) is 40.0 Å². The molecule has 0 fully saturated rings. The molecule has 1 nitrogen and oxygen atoms in total. The second-order valence-corrected chi connectivity index (χ2v) is 12.4. The first-order valence-corrected chi connectivity index (χ1v) is 11.4. The van der Waals surface area contributed by atoms with Gasteiger partial charge >= 0.3 is 0 Å². The minimum absolute atomic E-state index is 0.0707. The lowest BCUT2D eigenvalue weighted by atomic mass is 10.1. The number of benzene rings is 2. The topological polar surface area (TPSA) is 9.23 Å². The van der Waals surface area contributed by atoms with Crippen molar-refractivity contribution in [3.05, 3.63) is 72.8 Å². The zero-order valence-corrected chi connectivity index (χ0v) is 16.7. The molecule has 0 N–H and O–H groups in total. The van der Waals surface area contributed by atoms with Crippen molar-refractivity contribution in [3.63, 3.8) is 0 Å². The van der Waals surface area contributed by atoms with Crippen molar-refractivity contribution in [1.29, 1.82) is 0 Å². The fourth-order valence-electron chi connectivity index (χ4n) is 4.06. The summed E-state index contributed by atoms with van der Waals surface area (Å²) in [5.41, 5.74) is 0. The maximum atomic E-state index is 6.93. The lowest BCUT2D eigenvalue weighted by Crippen LogP contribution is -2.66. The van der Waals surface area contributed by atoms with E-state index in [1.165, 1.54) is 23.2 Å². The van der Waals surface area contributed by atoms with E-state index in [9.17, 15) is 0 Å². The van der Waals surface area contributed by atoms with E-state index in [4.69, 9.17) is 4.43 Å². The molecule has 1 atom stereocenters. The zero-order valence-electron chi connectivity index (χ0n) is 15.7. The van der Waals surface area contributed by atoms with E-state index < -0.39 is 8.32 Å². The number of hydrogen-bond donors (Lipinski definition) is 0. The van der Waals surface area contributed by atoms with Crippen LogP contribution in [-0.4, -0.2) is 14.9 Å². The van der Waals surface area contributed by atoms with Crippen LogP contribution in [0.3, 0.4) is 0 Å². The van der Waals surface area contributed by atoms with E-state index in [1.54, 1.807) is 0 Å². The Morgan fingerprint density at radius 2 is 1.48 bits per heavy atom. The summed E-state index contributed by atoms with van der Waals surface area (Å²) in [6.45, 7) is 7.86. The molecule has 0 bridgehead atoms. The summed E-state index contributed by atoms with van der Waals surface area (Å²) in [5, 5.41) is 2.81. The van der Waals surface area contributed by atoms with Gasteiger partial charge in [-0.25, -0.2) is 0 Å². The summed E-state index contributed by atoms with van der Waals surface area (Å²) in [7, 11) is -2.35. The fourth-order valence-corrected chi connectivity index (χ4v) is 8.64. The Hall–Kier alpha value is -1.64. The Morgan fingerprint density at radius 3 is 1.92 bits per heavy atom. The number of allylic oxidation sites excluding steroid dienone is 2. The van der Waals surface area contributed by atoms with Gasteiger partial charge in [-0.2, -0.15) is 0 Å². The van der Waals surface area contributed by atoms with Gasteiger partial charge < -0.3 is 4.43 Å². The van der Waals surface area contributed by atoms with Crippen molar-refractivity contribution in [1.82, 2.24) is 0 Å². The molecule has 2 aromatic rings. The molecule has 2 heteroatoms. The molecule has 0 spiro atoms. The predicted octanol–water partition coefficient (Wildman–Crippen LogP) is 4.92. The van der Waals surface area contributed by atoms with Crippen LogP contribution in [0, 0.1) is 5.92 Å². The average Bonchev–Trinajstić information content (AvgIpc) is 3.13. The molecule has 132 valence electrons. The standard InChI is InChI=1S/C23H30OSi/c1-23(2,3)25(21-14-6-4-7-15-21,22-16-8-5-9-17-22)24-19-18-20-12-10-11-13-20/h4-10,12,14-17,20H,11,13,18-19H2,1-3H3/t20-/m0/s1. The summed E-state index contributed by atoms with van der Waals surface area (Å²) in [4.78, 5) is 0. The average molecular weight is 351 g/mol. The van der Waals surface area contributed by atoms with Crippen LogP contribution < -0.4 is 10.4 Å². The van der Waals surface area contributed by atoms with E-state index >= 15 is 0 Å². The first-order chi connectivity index (χ1) is 12.0. The van der Waals surface area contributed by atoms with Crippen molar-refractivity contribution in [3.8, 4) is 0 Å². The lowest BCUT2D eigenvalue weighted by molar-refractivity contribution is 0.274. The molecule has 25 heavy (non-hydrogen) atoms. The zero-order chi connectivity index (χ0) is 17.8. The van der Waals surface area contributed by atoms with E-state index in [0.717, 1.165) is 13.0 Å². The Balaban J connectivity index is 1.97. The predicted molar refractivity (Wildman–Crippen MR) is 110 cm³/mol. The smallest absolute Gasteiger partial charge is 0.261 e. The summed E-state index contributed by atoms with van der Waals surface area (Å²) in [6, 6.07) is 21.8. The Bertz CT molecular complexity index is 646. The molecular weight excluding hydrogens is 320 g/mol. The number of rotatable bonds is 6. The van der Waals surface area contributed by atoms with Crippen molar-refractivity contribution in [2.75, 3.05) is 6.61 Å². The molecule has 0 heterocycles. The van der Waals surface area contributed by atoms with Crippen LogP contribution in [0.2, 0.25) is 5.04 Å². The molecule has 0 radical (unpaired) electrons. The highest BCUT2D eigenvalue weighted by molar-refractivity contribution is 6.99. The first kappa shape index (κ1) is 18.2. The van der Waals surface area contributed by atoms with Gasteiger partial charge in [-0.15, -0.1) is 0 Å². The van der Waals surface area contributed by atoms with Crippen LogP contribution >= 0.6 is 0 Å². The molecule has 0 aliphatic heterocycles. The van der Waals surface area contributed by atoms with Gasteiger partial charge in [-0.05, 0) is 40.6 Å². The Morgan fingerprint density at radius 1 is 0.920 bits per heavy atom. The van der Waals surface area contributed by atoms with Gasteiger partial charge in [0.1, 0.15) is 0 Å². The minimum Gasteiger partial charge on any atom is -0.407 e. The van der Waals surface area contributed by atoms with E-state index in [2.05, 4.69) is 93.6 Å². The van der Waals surface area contributed by atoms with E-state index in [0.29, 0.717) is 5.92 Å². The second-order valence-electron chi connectivity index (χ2n) is 8.07. The third-order valence-corrected chi connectivity index (χ3v) is 10.4. The Kier molecular flexibility index (Phi) is 5.60. The lowest BCUT2D eigenvalue weighted by Gasteiger charge is -2.43. The molecule has 0 saturated heterocycles. The van der Waals surface area contributed by atoms with Crippen LogP contribution in [0.4, 0.5) is 0 Å². The summed E-state index contributed by atoms with van der Waals surface area (Å²) in [5.74, 6) is 0.693. The third kappa shape index (κ3) is 3.80. The van der Waals surface area contributed by atoms with Gasteiger partial charge in [0, 0.05) is 6.61 Å². The van der Waals surface area contributed by atoms with Gasteiger partial charge in [-0.1, -0.05) is 93.6 Å². The molecule has 0 amide bonds. The molecule has 0 unspecified atom stereocenters. The molecule has 1 aliphatic carbocycles. The van der Waals surface area contributed by atoms with Crippen molar-refractivity contribution in [2.24, 2.45) is 5.92 Å². The van der Waals surface area contributed by atoms with Crippen LogP contribution in [0.15, 0.2) is 72.8 Å². The summed E-state index contributed by atoms with van der Waals surface area (Å²) in [6.07, 6.45) is 8.32. The van der Waals surface area contributed by atoms with Crippen LogP contribution in [-0.2, 0) is 4.43 Å². The van der Waals surface area contributed by atoms with Crippen molar-refractivity contribution < 1.29 is 4.43 Å². The Labute approximate surface area is 153 Å². The minimum atomic E-state index is -2.35. The summed E-state index contributed by atoms with van der Waals surface area (Å²) >= 11 is 0. The summed E-state index contributed by atoms with van der Waals surface area (Å²) < 4.78 is 6.93. The monoisotopic (exact) mass is 350 g/mol. The SMILES string of the molecule is CC(C)(C)[Si](OCC[C@H]1C=CCC1)(c1ccccc1)c1ccccc1. The molecular formula is C23H30OSi. The van der Waals surface area contributed by atoms with Crippen LogP contribution in [0.5, 0.6) is 0 Å². The third-order valence-electron chi connectivity index (χ3n) is 5.34. The molecule has 1 aliphatic rings. The highest BCUT2D eigenvalue weighted by Gasteiger charge is 2.49. The van der Waals surface area contributed by atoms with Gasteiger partial charge in [0.15, 0.2) is 0 Å². The fraction of sp³-hybridized carbons (Fsp3) is 0.391. The highest BCUT2D eigenvalue weighted by Crippen LogP contribution is 2.37. The van der Waals surface area contributed by atoms with Gasteiger partial charge in [0.05, 0.1) is 0 Å². The molecule has 2 aromatic carbocycles. The van der Waals surface area contributed by atoms with Crippen LogP contribution in [0.25, 0.3) is 0 Å². The largest absolute Gasteiger partial charge is 0.407 e. The second kappa shape index (κ2) is 7.71. The quantitative estimate of drug-likeness (QED) is 0.531. The molecule has 0 aromatic heterocycles. The van der Waals surface area contributed by atoms with Crippen molar-refractivity contribution >= 4 is 18.7 Å². The maximum Gasteiger partial charge on any atom is 0.261 e. The maximum absolute atomic E-state index is 6.93. The van der Waals surface area contributed by atoms with Crippen molar-refractivity contribution in [2.45, 2.75) is 45.1 Å². The highest BCUT2D eigenvalue weighted by atomic mass is 28.4. The molecule has 3 rings (SSSR count). The van der Waals surface area contributed by atoms with Gasteiger partial charge in [0.25, 0.3) is 8.32 Å². The molecule has 0 saturated carbocycles. The normalized spacial score (nSPS) is 17.8.